The summed E-state index contributed by atoms with van der Waals surface area (Å²) in [4.78, 5) is 6.85. The van der Waals surface area contributed by atoms with Crippen LogP contribution < -0.4 is 5.32 Å². The number of nitrogens with one attached hydrogen (secondary N) is 1. The average molecular weight is 317 g/mol. The molecule has 4 heteroatoms. The molecule has 2 atom stereocenters. The van der Waals surface area contributed by atoms with Gasteiger partial charge in [0.05, 0.1) is 6.61 Å². The van der Waals surface area contributed by atoms with E-state index in [9.17, 15) is 0 Å². The highest BCUT2D eigenvalue weighted by Gasteiger charge is 2.30. The molecular weight excluding hydrogens is 286 g/mol. The number of benzene rings is 1. The van der Waals surface area contributed by atoms with Gasteiger partial charge in [-0.1, -0.05) is 43.7 Å². The zero-order valence-electron chi connectivity index (χ0n) is 14.8. The van der Waals surface area contributed by atoms with E-state index in [-0.39, 0.29) is 0 Å². The van der Waals surface area contributed by atoms with Crippen molar-refractivity contribution < 1.29 is 4.74 Å². The first kappa shape index (κ1) is 17.8. The van der Waals surface area contributed by atoms with Crippen LogP contribution in [0.1, 0.15) is 38.2 Å². The van der Waals surface area contributed by atoms with Gasteiger partial charge in [0.15, 0.2) is 5.96 Å². The fourth-order valence-corrected chi connectivity index (χ4v) is 3.49. The predicted molar refractivity (Wildman–Crippen MR) is 97.0 cm³/mol. The van der Waals surface area contributed by atoms with Gasteiger partial charge in [-0.25, -0.2) is 0 Å². The predicted octanol–water partition coefficient (Wildman–Crippen LogP) is 3.11. The Morgan fingerprint density at radius 3 is 2.74 bits per heavy atom. The molecule has 1 aromatic carbocycles. The van der Waals surface area contributed by atoms with Crippen molar-refractivity contribution >= 4 is 5.96 Å². The highest BCUT2D eigenvalue weighted by atomic mass is 16.5. The lowest BCUT2D eigenvalue weighted by atomic mass is 9.79. The summed E-state index contributed by atoms with van der Waals surface area (Å²) in [6.07, 6.45) is 2.39. The van der Waals surface area contributed by atoms with E-state index in [0.717, 1.165) is 38.8 Å². The second-order valence-corrected chi connectivity index (χ2v) is 6.09. The molecule has 1 fully saturated rings. The van der Waals surface area contributed by atoms with Crippen molar-refractivity contribution in [2.75, 3.05) is 39.9 Å². The summed E-state index contributed by atoms with van der Waals surface area (Å²) in [6, 6.07) is 11.0. The molecule has 4 nitrogen and oxygen atoms in total. The largest absolute Gasteiger partial charge is 0.380 e. The summed E-state index contributed by atoms with van der Waals surface area (Å²) in [5.41, 5.74) is 1.48. The lowest BCUT2D eigenvalue weighted by Gasteiger charge is -2.40. The van der Waals surface area contributed by atoms with E-state index < -0.39 is 0 Å². The molecule has 0 amide bonds. The number of aliphatic imine (C=N–C) groups is 1. The van der Waals surface area contributed by atoms with E-state index in [1.54, 1.807) is 0 Å². The minimum atomic E-state index is 0.666. The van der Waals surface area contributed by atoms with Crippen LogP contribution in [0.15, 0.2) is 35.3 Å². The summed E-state index contributed by atoms with van der Waals surface area (Å²) in [5, 5.41) is 3.42. The van der Waals surface area contributed by atoms with Gasteiger partial charge in [-0.3, -0.25) is 4.99 Å². The van der Waals surface area contributed by atoms with Crippen LogP contribution in [0.2, 0.25) is 0 Å². The van der Waals surface area contributed by atoms with Crippen LogP contribution in [0.3, 0.4) is 0 Å². The Balaban J connectivity index is 1.94. The molecule has 0 aromatic heterocycles. The Morgan fingerprint density at radius 1 is 1.30 bits per heavy atom. The van der Waals surface area contributed by atoms with Gasteiger partial charge >= 0.3 is 0 Å². The molecule has 0 saturated carbocycles. The first-order valence-corrected chi connectivity index (χ1v) is 8.88. The average Bonchev–Trinajstić information content (AvgIpc) is 2.62. The quantitative estimate of drug-likeness (QED) is 0.497. The van der Waals surface area contributed by atoms with Gasteiger partial charge in [-0.2, -0.15) is 0 Å². The van der Waals surface area contributed by atoms with E-state index in [2.05, 4.69) is 52.5 Å². The Bertz CT molecular complexity index is 475. The maximum atomic E-state index is 5.40. The summed E-state index contributed by atoms with van der Waals surface area (Å²) < 4.78 is 5.40. The number of rotatable bonds is 6. The number of nitrogens with zero attached hydrogens (tertiary/aromatic N) is 2. The van der Waals surface area contributed by atoms with Crippen LogP contribution in [-0.4, -0.2) is 50.8 Å². The Labute approximate surface area is 140 Å². The molecule has 1 heterocycles. The molecule has 23 heavy (non-hydrogen) atoms. The lowest BCUT2D eigenvalue weighted by molar-refractivity contribution is 0.150. The highest BCUT2D eigenvalue weighted by Crippen LogP contribution is 2.34. The second-order valence-electron chi connectivity index (χ2n) is 6.09. The maximum Gasteiger partial charge on any atom is 0.193 e. The van der Waals surface area contributed by atoms with Crippen LogP contribution >= 0.6 is 0 Å². The third-order valence-electron chi connectivity index (χ3n) is 4.73. The van der Waals surface area contributed by atoms with E-state index >= 15 is 0 Å². The fourth-order valence-electron chi connectivity index (χ4n) is 3.49. The zero-order valence-corrected chi connectivity index (χ0v) is 14.8. The SMILES string of the molecule is CCOCCNC(=NC)N1CCC(c2ccccc2)C(CC)C1. The smallest absolute Gasteiger partial charge is 0.193 e. The van der Waals surface area contributed by atoms with Gasteiger partial charge in [0.25, 0.3) is 0 Å². The molecule has 1 aliphatic heterocycles. The molecule has 1 N–H and O–H groups in total. The van der Waals surface area contributed by atoms with Crippen molar-refractivity contribution in [2.24, 2.45) is 10.9 Å². The Kier molecular flexibility index (Phi) is 7.40. The molecule has 2 rings (SSSR count). The van der Waals surface area contributed by atoms with Crippen LogP contribution in [0, 0.1) is 5.92 Å². The minimum Gasteiger partial charge on any atom is -0.380 e. The number of guanidine groups is 1. The highest BCUT2D eigenvalue weighted by molar-refractivity contribution is 5.80. The van der Waals surface area contributed by atoms with E-state index in [0.29, 0.717) is 11.8 Å². The first-order valence-electron chi connectivity index (χ1n) is 8.88. The lowest BCUT2D eigenvalue weighted by Crippen LogP contribution is -2.49. The normalized spacial score (nSPS) is 22.2. The maximum absolute atomic E-state index is 5.40. The third kappa shape index (κ3) is 4.96. The number of likely N-dealkylation sites (tertiary alicyclic amines) is 1. The van der Waals surface area contributed by atoms with Crippen LogP contribution in [0.4, 0.5) is 0 Å². The first-order chi connectivity index (χ1) is 11.3. The fraction of sp³-hybridized carbons (Fsp3) is 0.632. The summed E-state index contributed by atoms with van der Waals surface area (Å²) in [7, 11) is 1.87. The molecule has 2 unspecified atom stereocenters. The molecule has 128 valence electrons. The van der Waals surface area contributed by atoms with Gasteiger partial charge in [0.1, 0.15) is 0 Å². The van der Waals surface area contributed by atoms with E-state index in [1.165, 1.54) is 18.4 Å². The number of hydrogen-bond acceptors (Lipinski definition) is 2. The van der Waals surface area contributed by atoms with E-state index in [1.807, 2.05) is 14.0 Å². The minimum absolute atomic E-state index is 0.666. The van der Waals surface area contributed by atoms with Crippen molar-refractivity contribution in [3.8, 4) is 0 Å². The third-order valence-corrected chi connectivity index (χ3v) is 4.73. The van der Waals surface area contributed by atoms with Crippen LogP contribution in [0.25, 0.3) is 0 Å². The molecule has 0 bridgehead atoms. The van der Waals surface area contributed by atoms with Crippen LogP contribution in [0.5, 0.6) is 0 Å². The number of hydrogen-bond donors (Lipinski definition) is 1. The molecular formula is C19H31N3O. The molecule has 1 aliphatic rings. The topological polar surface area (TPSA) is 36.9 Å². The summed E-state index contributed by atoms with van der Waals surface area (Å²) in [6.45, 7) is 8.77. The van der Waals surface area contributed by atoms with E-state index in [4.69, 9.17) is 4.74 Å². The molecule has 1 saturated heterocycles. The van der Waals surface area contributed by atoms with Crippen molar-refractivity contribution in [1.29, 1.82) is 0 Å². The summed E-state index contributed by atoms with van der Waals surface area (Å²) in [5.74, 6) is 2.35. The van der Waals surface area contributed by atoms with Gasteiger partial charge in [0.2, 0.25) is 0 Å². The second kappa shape index (κ2) is 9.56. The van der Waals surface area contributed by atoms with Crippen molar-refractivity contribution in [1.82, 2.24) is 10.2 Å². The van der Waals surface area contributed by atoms with Crippen molar-refractivity contribution in [3.05, 3.63) is 35.9 Å². The van der Waals surface area contributed by atoms with Crippen molar-refractivity contribution in [2.45, 2.75) is 32.6 Å². The van der Waals surface area contributed by atoms with Crippen molar-refractivity contribution in [3.63, 3.8) is 0 Å². The van der Waals surface area contributed by atoms with Gasteiger partial charge < -0.3 is 15.0 Å². The van der Waals surface area contributed by atoms with Gasteiger partial charge in [0, 0.05) is 33.3 Å². The molecule has 0 aliphatic carbocycles. The zero-order chi connectivity index (χ0) is 16.5. The van der Waals surface area contributed by atoms with Gasteiger partial charge in [-0.15, -0.1) is 0 Å². The Morgan fingerprint density at radius 2 is 2.09 bits per heavy atom. The molecule has 1 aromatic rings. The molecule has 0 spiro atoms. The number of ether oxygens (including phenoxy) is 1. The number of piperidine rings is 1. The van der Waals surface area contributed by atoms with Crippen LogP contribution in [-0.2, 0) is 4.74 Å². The molecule has 0 radical (unpaired) electrons. The standard InChI is InChI=1S/C19H31N3O/c1-4-16-15-22(19(20-3)21-12-14-23-5-2)13-11-18(16)17-9-7-6-8-10-17/h6-10,16,18H,4-5,11-15H2,1-3H3,(H,20,21). The monoisotopic (exact) mass is 317 g/mol. The van der Waals surface area contributed by atoms with Gasteiger partial charge in [-0.05, 0) is 30.7 Å². The summed E-state index contributed by atoms with van der Waals surface area (Å²) >= 11 is 0. The Hall–Kier alpha value is -1.55.